The Hall–Kier alpha value is -1.36. The first kappa shape index (κ1) is 13.1. The molecule has 0 spiro atoms. The van der Waals surface area contributed by atoms with Gasteiger partial charge in [0.25, 0.3) is 0 Å². The lowest BCUT2D eigenvalue weighted by Gasteiger charge is -2.10. The number of carbonyl (C=O) groups excluding carboxylic acids is 1. The van der Waals surface area contributed by atoms with Gasteiger partial charge in [0.1, 0.15) is 0 Å². The summed E-state index contributed by atoms with van der Waals surface area (Å²) in [6.45, 7) is 3.99. The predicted octanol–water partition coefficient (Wildman–Crippen LogP) is 3.24. The van der Waals surface area contributed by atoms with Crippen LogP contribution in [0.3, 0.4) is 0 Å². The van der Waals surface area contributed by atoms with Crippen molar-refractivity contribution in [3.8, 4) is 0 Å². The SMILES string of the molecule is CCCC(C)C(=O)c1cc2[nH]c(=O)[nH]c2cc1Br. The van der Waals surface area contributed by atoms with E-state index in [4.69, 9.17) is 0 Å². The molecule has 2 N–H and O–H groups in total. The van der Waals surface area contributed by atoms with Crippen molar-refractivity contribution in [1.29, 1.82) is 0 Å². The van der Waals surface area contributed by atoms with Crippen molar-refractivity contribution in [2.24, 2.45) is 5.92 Å². The topological polar surface area (TPSA) is 65.7 Å². The van der Waals surface area contributed by atoms with E-state index in [0.717, 1.165) is 17.3 Å². The van der Waals surface area contributed by atoms with Crippen molar-refractivity contribution in [2.45, 2.75) is 26.7 Å². The Morgan fingerprint density at radius 2 is 1.94 bits per heavy atom. The molecule has 96 valence electrons. The van der Waals surface area contributed by atoms with Crippen molar-refractivity contribution < 1.29 is 4.79 Å². The number of benzene rings is 1. The van der Waals surface area contributed by atoms with Gasteiger partial charge in [-0.2, -0.15) is 0 Å². The summed E-state index contributed by atoms with van der Waals surface area (Å²) in [5, 5.41) is 0. The maximum Gasteiger partial charge on any atom is 0.323 e. The van der Waals surface area contributed by atoms with Gasteiger partial charge in [-0.3, -0.25) is 4.79 Å². The van der Waals surface area contributed by atoms with E-state index in [1.165, 1.54) is 0 Å². The molecule has 0 fully saturated rings. The molecule has 2 aromatic rings. The third-order valence-corrected chi connectivity index (χ3v) is 3.69. The van der Waals surface area contributed by atoms with Crippen molar-refractivity contribution in [1.82, 2.24) is 9.97 Å². The van der Waals surface area contributed by atoms with Gasteiger partial charge >= 0.3 is 5.69 Å². The van der Waals surface area contributed by atoms with Crippen LogP contribution in [0.1, 0.15) is 37.0 Å². The molecular formula is C13H15BrN2O2. The first-order chi connectivity index (χ1) is 8.52. The molecule has 2 rings (SSSR count). The number of aromatic amines is 2. The molecule has 1 heterocycles. The van der Waals surface area contributed by atoms with Gasteiger partial charge in [-0.1, -0.05) is 20.3 Å². The molecule has 1 aromatic heterocycles. The van der Waals surface area contributed by atoms with Gasteiger partial charge in [0.2, 0.25) is 0 Å². The zero-order chi connectivity index (χ0) is 13.3. The Kier molecular flexibility index (Phi) is 3.71. The molecule has 0 aliphatic carbocycles. The van der Waals surface area contributed by atoms with E-state index in [0.29, 0.717) is 16.6 Å². The molecule has 0 bridgehead atoms. The van der Waals surface area contributed by atoms with Crippen molar-refractivity contribution >= 4 is 32.7 Å². The van der Waals surface area contributed by atoms with Crippen LogP contribution in [0.15, 0.2) is 21.4 Å². The van der Waals surface area contributed by atoms with Gasteiger partial charge in [-0.25, -0.2) is 4.79 Å². The summed E-state index contributed by atoms with van der Waals surface area (Å²) in [7, 11) is 0. The fraction of sp³-hybridized carbons (Fsp3) is 0.385. The van der Waals surface area contributed by atoms with Crippen LogP contribution >= 0.6 is 15.9 Å². The Balaban J connectivity index is 2.47. The van der Waals surface area contributed by atoms with Crippen LogP contribution in [0, 0.1) is 5.92 Å². The molecule has 1 aromatic carbocycles. The van der Waals surface area contributed by atoms with Crippen LogP contribution in [0.4, 0.5) is 0 Å². The number of halogens is 1. The van der Waals surface area contributed by atoms with Crippen LogP contribution < -0.4 is 5.69 Å². The molecule has 0 aliphatic rings. The average Bonchev–Trinajstić information content (AvgIpc) is 2.66. The first-order valence-electron chi connectivity index (χ1n) is 5.98. The molecule has 1 atom stereocenters. The van der Waals surface area contributed by atoms with Crippen LogP contribution in [0.25, 0.3) is 11.0 Å². The largest absolute Gasteiger partial charge is 0.323 e. The molecule has 0 amide bonds. The second kappa shape index (κ2) is 5.10. The lowest BCUT2D eigenvalue weighted by Crippen LogP contribution is -2.11. The fourth-order valence-electron chi connectivity index (χ4n) is 2.07. The summed E-state index contributed by atoms with van der Waals surface area (Å²) >= 11 is 3.39. The second-order valence-electron chi connectivity index (χ2n) is 4.51. The quantitative estimate of drug-likeness (QED) is 0.851. The molecule has 0 radical (unpaired) electrons. The molecule has 0 aliphatic heterocycles. The summed E-state index contributed by atoms with van der Waals surface area (Å²) in [5.74, 6) is 0.0992. The van der Waals surface area contributed by atoms with E-state index in [2.05, 4.69) is 32.8 Å². The zero-order valence-electron chi connectivity index (χ0n) is 10.3. The number of Topliss-reactive ketones (excluding diaryl/α,β-unsaturated/α-hetero) is 1. The standard InChI is InChI=1S/C13H15BrN2O2/c1-3-4-7(2)12(17)8-5-10-11(6-9(8)14)16-13(18)15-10/h5-7H,3-4H2,1-2H3,(H2,15,16,18). The highest BCUT2D eigenvalue weighted by atomic mass is 79.9. The molecule has 5 heteroatoms. The van der Waals surface area contributed by atoms with Gasteiger partial charge in [-0.15, -0.1) is 0 Å². The summed E-state index contributed by atoms with van der Waals surface area (Å²) in [6, 6.07) is 3.49. The maximum absolute atomic E-state index is 12.3. The Morgan fingerprint density at radius 1 is 1.33 bits per heavy atom. The van der Waals surface area contributed by atoms with Crippen molar-refractivity contribution in [3.05, 3.63) is 32.7 Å². The molecular weight excluding hydrogens is 296 g/mol. The number of hydrogen-bond donors (Lipinski definition) is 2. The number of nitrogens with one attached hydrogen (secondary N) is 2. The smallest absolute Gasteiger partial charge is 0.306 e. The number of fused-ring (bicyclic) bond motifs is 1. The summed E-state index contributed by atoms with van der Waals surface area (Å²) in [5.41, 5.74) is 1.73. The van der Waals surface area contributed by atoms with Gasteiger partial charge in [0.05, 0.1) is 11.0 Å². The number of carbonyl (C=O) groups is 1. The molecule has 4 nitrogen and oxygen atoms in total. The zero-order valence-corrected chi connectivity index (χ0v) is 11.9. The number of aromatic nitrogens is 2. The number of imidazole rings is 1. The fourth-order valence-corrected chi connectivity index (χ4v) is 2.61. The van der Waals surface area contributed by atoms with Crippen LogP contribution in [-0.4, -0.2) is 15.8 Å². The first-order valence-corrected chi connectivity index (χ1v) is 6.78. The van der Waals surface area contributed by atoms with Gasteiger partial charge in [-0.05, 0) is 34.5 Å². The van der Waals surface area contributed by atoms with E-state index in [-0.39, 0.29) is 17.4 Å². The van der Waals surface area contributed by atoms with Crippen molar-refractivity contribution in [3.63, 3.8) is 0 Å². The number of hydrogen-bond acceptors (Lipinski definition) is 2. The summed E-state index contributed by atoms with van der Waals surface area (Å²) in [4.78, 5) is 28.8. The minimum absolute atomic E-state index is 0.00517. The van der Waals surface area contributed by atoms with Crippen LogP contribution in [0.2, 0.25) is 0 Å². The molecule has 18 heavy (non-hydrogen) atoms. The normalized spacial score (nSPS) is 12.8. The average molecular weight is 311 g/mol. The monoisotopic (exact) mass is 310 g/mol. The predicted molar refractivity (Wildman–Crippen MR) is 75.0 cm³/mol. The van der Waals surface area contributed by atoms with E-state index in [1.54, 1.807) is 12.1 Å². The second-order valence-corrected chi connectivity index (χ2v) is 5.37. The minimum atomic E-state index is -0.261. The Bertz CT molecular complexity index is 642. The highest BCUT2D eigenvalue weighted by Gasteiger charge is 2.18. The van der Waals surface area contributed by atoms with E-state index in [1.807, 2.05) is 6.92 Å². The molecule has 0 saturated heterocycles. The van der Waals surface area contributed by atoms with Gasteiger partial charge < -0.3 is 9.97 Å². The maximum atomic E-state index is 12.3. The molecule has 1 unspecified atom stereocenters. The lowest BCUT2D eigenvalue weighted by atomic mass is 9.95. The van der Waals surface area contributed by atoms with Gasteiger partial charge in [0, 0.05) is 16.0 Å². The number of ketones is 1. The Labute approximate surface area is 113 Å². The third-order valence-electron chi connectivity index (χ3n) is 3.04. The minimum Gasteiger partial charge on any atom is -0.306 e. The van der Waals surface area contributed by atoms with Crippen molar-refractivity contribution in [2.75, 3.05) is 0 Å². The Morgan fingerprint density at radius 3 is 2.56 bits per heavy atom. The van der Waals surface area contributed by atoms with Gasteiger partial charge in [0.15, 0.2) is 5.78 Å². The molecule has 0 saturated carbocycles. The van der Waals surface area contributed by atoms with E-state index < -0.39 is 0 Å². The number of H-pyrrole nitrogens is 2. The summed E-state index contributed by atoms with van der Waals surface area (Å²) < 4.78 is 0.721. The summed E-state index contributed by atoms with van der Waals surface area (Å²) in [6.07, 6.45) is 1.85. The number of rotatable bonds is 4. The highest BCUT2D eigenvalue weighted by Crippen LogP contribution is 2.25. The van der Waals surface area contributed by atoms with E-state index >= 15 is 0 Å². The third kappa shape index (κ3) is 2.41. The van der Waals surface area contributed by atoms with Crippen LogP contribution in [0.5, 0.6) is 0 Å². The highest BCUT2D eigenvalue weighted by molar-refractivity contribution is 9.10. The van der Waals surface area contributed by atoms with Crippen LogP contribution in [-0.2, 0) is 0 Å². The van der Waals surface area contributed by atoms with E-state index in [9.17, 15) is 9.59 Å². The lowest BCUT2D eigenvalue weighted by molar-refractivity contribution is 0.0923.